The summed E-state index contributed by atoms with van der Waals surface area (Å²) in [4.78, 5) is 2.78. The summed E-state index contributed by atoms with van der Waals surface area (Å²) in [5.41, 5.74) is 1.15. The second-order valence-electron chi connectivity index (χ2n) is 5.13. The SMILES string of the molecule is Cc1nn(C)c2sc(C3NCCCC3C)cc12. The number of hydrogen-bond acceptors (Lipinski definition) is 3. The van der Waals surface area contributed by atoms with Gasteiger partial charge in [-0.15, -0.1) is 11.3 Å². The lowest BCUT2D eigenvalue weighted by atomic mass is 9.92. The first-order valence-corrected chi connectivity index (χ1v) is 7.15. The molecule has 0 saturated carbocycles. The van der Waals surface area contributed by atoms with Gasteiger partial charge >= 0.3 is 0 Å². The van der Waals surface area contributed by atoms with Crippen molar-refractivity contribution in [1.82, 2.24) is 15.1 Å². The average molecular weight is 249 g/mol. The Morgan fingerprint density at radius 1 is 1.53 bits per heavy atom. The second kappa shape index (κ2) is 4.10. The molecule has 0 spiro atoms. The number of hydrogen-bond donors (Lipinski definition) is 1. The molecule has 17 heavy (non-hydrogen) atoms. The molecule has 3 heterocycles. The quantitative estimate of drug-likeness (QED) is 0.842. The van der Waals surface area contributed by atoms with E-state index in [9.17, 15) is 0 Å². The first kappa shape index (κ1) is 11.2. The van der Waals surface area contributed by atoms with E-state index in [-0.39, 0.29) is 0 Å². The van der Waals surface area contributed by atoms with E-state index in [2.05, 4.69) is 30.3 Å². The minimum Gasteiger partial charge on any atom is -0.309 e. The zero-order valence-electron chi connectivity index (χ0n) is 10.7. The molecule has 2 aromatic rings. The molecule has 0 aromatic carbocycles. The minimum absolute atomic E-state index is 0.542. The van der Waals surface area contributed by atoms with E-state index in [4.69, 9.17) is 0 Å². The maximum absolute atomic E-state index is 4.46. The van der Waals surface area contributed by atoms with Gasteiger partial charge in [-0.25, -0.2) is 0 Å². The predicted molar refractivity (Wildman–Crippen MR) is 72.5 cm³/mol. The van der Waals surface area contributed by atoms with Crippen molar-refractivity contribution in [3.05, 3.63) is 16.6 Å². The first-order chi connectivity index (χ1) is 8.16. The highest BCUT2D eigenvalue weighted by molar-refractivity contribution is 7.18. The standard InChI is InChI=1S/C13H19N3S/c1-8-5-4-6-14-12(8)11-7-10-9(2)15-16(3)13(10)17-11/h7-8,12,14H,4-6H2,1-3H3. The zero-order valence-corrected chi connectivity index (χ0v) is 11.5. The second-order valence-corrected chi connectivity index (χ2v) is 6.19. The highest BCUT2D eigenvalue weighted by atomic mass is 32.1. The molecule has 1 aliphatic rings. The van der Waals surface area contributed by atoms with E-state index in [1.807, 2.05) is 23.1 Å². The van der Waals surface area contributed by atoms with Gasteiger partial charge in [-0.1, -0.05) is 6.92 Å². The molecule has 2 aromatic heterocycles. The van der Waals surface area contributed by atoms with Crippen molar-refractivity contribution in [2.45, 2.75) is 32.7 Å². The van der Waals surface area contributed by atoms with Crippen LogP contribution in [0.25, 0.3) is 10.2 Å². The average Bonchev–Trinajstić information content (AvgIpc) is 2.83. The third-order valence-electron chi connectivity index (χ3n) is 3.79. The fraction of sp³-hybridized carbons (Fsp3) is 0.615. The van der Waals surface area contributed by atoms with Crippen LogP contribution in [0.2, 0.25) is 0 Å². The molecule has 1 aliphatic heterocycles. The van der Waals surface area contributed by atoms with Crippen molar-refractivity contribution in [2.75, 3.05) is 6.54 Å². The van der Waals surface area contributed by atoms with Gasteiger partial charge in [0, 0.05) is 23.4 Å². The maximum Gasteiger partial charge on any atom is 0.121 e. The van der Waals surface area contributed by atoms with E-state index < -0.39 is 0 Å². The van der Waals surface area contributed by atoms with Crippen LogP contribution in [0.3, 0.4) is 0 Å². The van der Waals surface area contributed by atoms with Crippen molar-refractivity contribution >= 4 is 21.6 Å². The summed E-state index contributed by atoms with van der Waals surface area (Å²) in [6.45, 7) is 5.60. The Morgan fingerprint density at radius 2 is 2.35 bits per heavy atom. The molecule has 2 atom stereocenters. The topological polar surface area (TPSA) is 29.9 Å². The molecule has 1 saturated heterocycles. The highest BCUT2D eigenvalue weighted by Gasteiger charge is 2.25. The number of nitrogens with zero attached hydrogens (tertiary/aromatic N) is 2. The molecule has 2 unspecified atom stereocenters. The summed E-state index contributed by atoms with van der Waals surface area (Å²) >= 11 is 1.89. The summed E-state index contributed by atoms with van der Waals surface area (Å²) in [6.07, 6.45) is 2.65. The third kappa shape index (κ3) is 1.79. The molecule has 4 heteroatoms. The normalized spacial score (nSPS) is 25.6. The van der Waals surface area contributed by atoms with E-state index in [1.54, 1.807) is 0 Å². The smallest absolute Gasteiger partial charge is 0.121 e. The molecule has 0 amide bonds. The van der Waals surface area contributed by atoms with Crippen LogP contribution in [-0.4, -0.2) is 16.3 Å². The fourth-order valence-electron chi connectivity index (χ4n) is 2.81. The fourth-order valence-corrected chi connectivity index (χ4v) is 4.14. The summed E-state index contributed by atoms with van der Waals surface area (Å²) in [5.74, 6) is 0.741. The monoisotopic (exact) mass is 249 g/mol. The van der Waals surface area contributed by atoms with Crippen molar-refractivity contribution in [1.29, 1.82) is 0 Å². The molecule has 1 fully saturated rings. The van der Waals surface area contributed by atoms with Gasteiger partial charge in [0.05, 0.1) is 5.69 Å². The number of aryl methyl sites for hydroxylation is 2. The Hall–Kier alpha value is -0.870. The van der Waals surface area contributed by atoms with Crippen molar-refractivity contribution in [3.63, 3.8) is 0 Å². The number of piperidine rings is 1. The van der Waals surface area contributed by atoms with Crippen LogP contribution in [-0.2, 0) is 7.05 Å². The van der Waals surface area contributed by atoms with E-state index in [0.29, 0.717) is 6.04 Å². The lowest BCUT2D eigenvalue weighted by Crippen LogP contribution is -2.32. The molecular formula is C13H19N3S. The largest absolute Gasteiger partial charge is 0.309 e. The molecule has 3 rings (SSSR count). The van der Waals surface area contributed by atoms with Crippen molar-refractivity contribution in [2.24, 2.45) is 13.0 Å². The van der Waals surface area contributed by atoms with E-state index >= 15 is 0 Å². The first-order valence-electron chi connectivity index (χ1n) is 6.33. The van der Waals surface area contributed by atoms with E-state index in [1.165, 1.54) is 27.9 Å². The van der Waals surface area contributed by atoms with Crippen LogP contribution in [0, 0.1) is 12.8 Å². The van der Waals surface area contributed by atoms with Crippen LogP contribution >= 0.6 is 11.3 Å². The van der Waals surface area contributed by atoms with Crippen molar-refractivity contribution < 1.29 is 0 Å². The summed E-state index contributed by atoms with van der Waals surface area (Å²) in [5, 5.41) is 9.44. The molecule has 0 aliphatic carbocycles. The van der Waals surface area contributed by atoms with Crippen LogP contribution in [0.4, 0.5) is 0 Å². The summed E-state index contributed by atoms with van der Waals surface area (Å²) in [6, 6.07) is 2.88. The van der Waals surface area contributed by atoms with E-state index in [0.717, 1.165) is 18.2 Å². The molecule has 1 N–H and O–H groups in total. The third-order valence-corrected chi connectivity index (χ3v) is 5.08. The van der Waals surface area contributed by atoms with Crippen LogP contribution < -0.4 is 5.32 Å². The van der Waals surface area contributed by atoms with Crippen LogP contribution in [0.1, 0.15) is 36.4 Å². The number of nitrogens with one attached hydrogen (secondary N) is 1. The highest BCUT2D eigenvalue weighted by Crippen LogP contribution is 2.37. The zero-order chi connectivity index (χ0) is 12.0. The Bertz CT molecular complexity index is 506. The molecule has 0 radical (unpaired) electrons. The van der Waals surface area contributed by atoms with Gasteiger partial charge in [0.15, 0.2) is 0 Å². The Kier molecular flexibility index (Phi) is 2.71. The van der Waals surface area contributed by atoms with Gasteiger partial charge in [0.25, 0.3) is 0 Å². The summed E-state index contributed by atoms with van der Waals surface area (Å²) in [7, 11) is 2.04. The Labute approximate surface area is 106 Å². The lowest BCUT2D eigenvalue weighted by Gasteiger charge is -2.29. The Balaban J connectivity index is 2.02. The number of fused-ring (bicyclic) bond motifs is 1. The summed E-state index contributed by atoms with van der Waals surface area (Å²) < 4.78 is 2.01. The molecular weight excluding hydrogens is 230 g/mol. The van der Waals surface area contributed by atoms with Crippen LogP contribution in [0.5, 0.6) is 0 Å². The predicted octanol–water partition coefficient (Wildman–Crippen LogP) is 3.00. The maximum atomic E-state index is 4.46. The number of aromatic nitrogens is 2. The number of rotatable bonds is 1. The van der Waals surface area contributed by atoms with Gasteiger partial charge in [-0.2, -0.15) is 5.10 Å². The molecule has 0 bridgehead atoms. The van der Waals surface area contributed by atoms with Gasteiger partial charge in [0.1, 0.15) is 4.83 Å². The Morgan fingerprint density at radius 3 is 3.06 bits per heavy atom. The van der Waals surface area contributed by atoms with Gasteiger partial charge < -0.3 is 5.32 Å². The van der Waals surface area contributed by atoms with Gasteiger partial charge in [-0.3, -0.25) is 4.68 Å². The molecule has 3 nitrogen and oxygen atoms in total. The van der Waals surface area contributed by atoms with Gasteiger partial charge in [0.2, 0.25) is 0 Å². The lowest BCUT2D eigenvalue weighted by molar-refractivity contribution is 0.310. The van der Waals surface area contributed by atoms with Crippen molar-refractivity contribution in [3.8, 4) is 0 Å². The van der Waals surface area contributed by atoms with Crippen LogP contribution in [0.15, 0.2) is 6.07 Å². The van der Waals surface area contributed by atoms with Gasteiger partial charge in [-0.05, 0) is 38.3 Å². The minimum atomic E-state index is 0.542. The number of thiophene rings is 1. The molecule has 92 valence electrons.